The van der Waals surface area contributed by atoms with E-state index in [1.165, 1.54) is 16.8 Å². The molecule has 0 aliphatic rings. The lowest BCUT2D eigenvalue weighted by Gasteiger charge is -2.12. The van der Waals surface area contributed by atoms with Crippen molar-refractivity contribution in [2.75, 3.05) is 0 Å². The van der Waals surface area contributed by atoms with E-state index in [1.54, 1.807) is 31.6 Å². The van der Waals surface area contributed by atoms with Crippen molar-refractivity contribution < 1.29 is 9.50 Å². The first kappa shape index (κ1) is 15.8. The molecule has 3 rings (SSSR count). The zero-order chi connectivity index (χ0) is 17.1. The van der Waals surface area contributed by atoms with Crippen LogP contribution in [0.3, 0.4) is 0 Å². The molecule has 0 atom stereocenters. The van der Waals surface area contributed by atoms with E-state index in [0.717, 1.165) is 22.4 Å². The minimum absolute atomic E-state index is 0.253. The van der Waals surface area contributed by atoms with Gasteiger partial charge in [-0.3, -0.25) is 9.67 Å². The zero-order valence-corrected chi connectivity index (χ0v) is 13.1. The first-order chi connectivity index (χ1) is 11.6. The summed E-state index contributed by atoms with van der Waals surface area (Å²) in [6.45, 7) is -0.253. The number of benzene rings is 1. The van der Waals surface area contributed by atoms with Gasteiger partial charge < -0.3 is 5.11 Å². The van der Waals surface area contributed by atoms with E-state index in [4.69, 9.17) is 5.26 Å². The molecule has 2 aromatic heterocycles. The molecule has 1 N–H and O–H groups in total. The van der Waals surface area contributed by atoms with E-state index in [-0.39, 0.29) is 12.4 Å². The highest BCUT2D eigenvalue weighted by Gasteiger charge is 2.13. The first-order valence-electron chi connectivity index (χ1n) is 7.38. The molecule has 1 aromatic carbocycles. The Hall–Kier alpha value is -3.04. The number of hydrogen-bond acceptors (Lipinski definition) is 4. The Labute approximate surface area is 138 Å². The second-order valence-corrected chi connectivity index (χ2v) is 5.43. The van der Waals surface area contributed by atoms with E-state index in [1.807, 2.05) is 6.07 Å². The molecule has 0 bridgehead atoms. The molecule has 0 amide bonds. The number of aromatic nitrogens is 3. The van der Waals surface area contributed by atoms with Crippen LogP contribution in [0.4, 0.5) is 4.39 Å². The molecule has 2 heterocycles. The summed E-state index contributed by atoms with van der Waals surface area (Å²) in [6, 6.07) is 9.99. The van der Waals surface area contributed by atoms with E-state index in [9.17, 15) is 9.50 Å². The number of hydrogen-bond donors (Lipinski definition) is 1. The van der Waals surface area contributed by atoms with Gasteiger partial charge in [0.1, 0.15) is 17.6 Å². The molecular formula is C18H15FN4O. The third kappa shape index (κ3) is 3.03. The maximum Gasteiger partial charge on any atom is 0.138 e. The van der Waals surface area contributed by atoms with Crippen molar-refractivity contribution in [3.05, 3.63) is 71.1 Å². The molecule has 0 aliphatic heterocycles. The Bertz CT molecular complexity index is 927. The maximum atomic E-state index is 13.4. The molecule has 0 fully saturated rings. The largest absolute Gasteiger partial charge is 0.392 e. The highest BCUT2D eigenvalue weighted by Crippen LogP contribution is 2.28. The lowest BCUT2D eigenvalue weighted by molar-refractivity contribution is 0.282. The average Bonchev–Trinajstić information content (AvgIpc) is 2.95. The van der Waals surface area contributed by atoms with Crippen LogP contribution in [0.25, 0.3) is 11.1 Å². The number of nitriles is 1. The van der Waals surface area contributed by atoms with Gasteiger partial charge in [-0.25, -0.2) is 4.39 Å². The fourth-order valence-corrected chi connectivity index (χ4v) is 2.70. The average molecular weight is 322 g/mol. The van der Waals surface area contributed by atoms with Crippen LogP contribution in [0.1, 0.15) is 22.5 Å². The van der Waals surface area contributed by atoms with Gasteiger partial charge in [0.2, 0.25) is 0 Å². The van der Waals surface area contributed by atoms with Crippen molar-refractivity contribution >= 4 is 0 Å². The van der Waals surface area contributed by atoms with Gasteiger partial charge in [0.05, 0.1) is 12.3 Å². The molecular weight excluding hydrogens is 307 g/mol. The zero-order valence-electron chi connectivity index (χ0n) is 13.1. The van der Waals surface area contributed by atoms with Gasteiger partial charge in [-0.05, 0) is 46.5 Å². The summed E-state index contributed by atoms with van der Waals surface area (Å²) in [7, 11) is 1.72. The lowest BCUT2D eigenvalue weighted by Crippen LogP contribution is -1.99. The number of aryl methyl sites for hydroxylation is 1. The Morgan fingerprint density at radius 3 is 2.71 bits per heavy atom. The number of nitrogens with zero attached hydrogens (tertiary/aromatic N) is 4. The predicted octanol–water partition coefficient (Wildman–Crippen LogP) is 2.58. The molecule has 120 valence electrons. The number of rotatable bonds is 4. The number of halogens is 1. The van der Waals surface area contributed by atoms with Gasteiger partial charge in [0.15, 0.2) is 0 Å². The molecule has 0 spiro atoms. The van der Waals surface area contributed by atoms with Gasteiger partial charge in [-0.2, -0.15) is 10.4 Å². The Morgan fingerprint density at radius 1 is 1.21 bits per heavy atom. The molecule has 24 heavy (non-hydrogen) atoms. The highest BCUT2D eigenvalue weighted by atomic mass is 19.1. The molecule has 0 saturated heterocycles. The molecule has 0 saturated carbocycles. The molecule has 5 nitrogen and oxygen atoms in total. The summed E-state index contributed by atoms with van der Waals surface area (Å²) in [5.74, 6) is -0.387. The summed E-state index contributed by atoms with van der Waals surface area (Å²) in [5, 5.41) is 22.9. The summed E-state index contributed by atoms with van der Waals surface area (Å²) in [4.78, 5) is 4.15. The second-order valence-electron chi connectivity index (χ2n) is 5.43. The van der Waals surface area contributed by atoms with E-state index in [0.29, 0.717) is 17.7 Å². The summed E-state index contributed by atoms with van der Waals surface area (Å²) < 4.78 is 14.9. The molecule has 0 radical (unpaired) electrons. The van der Waals surface area contributed by atoms with Crippen molar-refractivity contribution in [2.24, 2.45) is 7.05 Å². The van der Waals surface area contributed by atoms with Crippen molar-refractivity contribution in [1.82, 2.24) is 14.8 Å². The van der Waals surface area contributed by atoms with Crippen LogP contribution in [-0.4, -0.2) is 19.9 Å². The van der Waals surface area contributed by atoms with Crippen LogP contribution in [0.2, 0.25) is 0 Å². The fraction of sp³-hybridized carbons (Fsp3) is 0.167. The topological polar surface area (TPSA) is 74.7 Å². The first-order valence-corrected chi connectivity index (χ1v) is 7.38. The third-order valence-corrected chi connectivity index (χ3v) is 3.85. The van der Waals surface area contributed by atoms with Crippen molar-refractivity contribution in [3.63, 3.8) is 0 Å². The van der Waals surface area contributed by atoms with Gasteiger partial charge in [-0.15, -0.1) is 0 Å². The quantitative estimate of drug-likeness (QED) is 0.801. The Morgan fingerprint density at radius 2 is 2.00 bits per heavy atom. The minimum atomic E-state index is -0.387. The van der Waals surface area contributed by atoms with Crippen LogP contribution in [0, 0.1) is 17.1 Å². The minimum Gasteiger partial charge on any atom is -0.392 e. The monoisotopic (exact) mass is 322 g/mol. The summed E-state index contributed by atoms with van der Waals surface area (Å²) >= 11 is 0. The van der Waals surface area contributed by atoms with Crippen molar-refractivity contribution in [3.8, 4) is 17.2 Å². The molecule has 0 unspecified atom stereocenters. The van der Waals surface area contributed by atoms with Crippen LogP contribution in [0.5, 0.6) is 0 Å². The predicted molar refractivity (Wildman–Crippen MR) is 86.3 cm³/mol. The second kappa shape index (κ2) is 6.60. The molecule has 3 aromatic rings. The number of aliphatic hydroxyl groups is 1. The number of pyridine rings is 1. The normalized spacial score (nSPS) is 10.6. The van der Waals surface area contributed by atoms with Gasteiger partial charge in [-0.1, -0.05) is 6.07 Å². The SMILES string of the molecule is Cn1nc(Cc2cnccc2-c2ccc(F)cc2CO)cc1C#N. The van der Waals surface area contributed by atoms with E-state index >= 15 is 0 Å². The fourth-order valence-electron chi connectivity index (χ4n) is 2.70. The molecule has 0 aliphatic carbocycles. The smallest absolute Gasteiger partial charge is 0.138 e. The maximum absolute atomic E-state index is 13.4. The van der Waals surface area contributed by atoms with Crippen LogP contribution >= 0.6 is 0 Å². The van der Waals surface area contributed by atoms with Gasteiger partial charge in [0, 0.05) is 25.9 Å². The summed E-state index contributed by atoms with van der Waals surface area (Å²) in [6.07, 6.45) is 3.87. The van der Waals surface area contributed by atoms with E-state index in [2.05, 4.69) is 16.2 Å². The van der Waals surface area contributed by atoms with E-state index < -0.39 is 0 Å². The van der Waals surface area contributed by atoms with Crippen LogP contribution in [0.15, 0.2) is 42.7 Å². The molecule has 6 heteroatoms. The Balaban J connectivity index is 2.04. The van der Waals surface area contributed by atoms with Gasteiger partial charge in [0.25, 0.3) is 0 Å². The lowest BCUT2D eigenvalue weighted by atomic mass is 9.95. The third-order valence-electron chi connectivity index (χ3n) is 3.85. The van der Waals surface area contributed by atoms with Crippen LogP contribution in [-0.2, 0) is 20.1 Å². The van der Waals surface area contributed by atoms with Crippen LogP contribution < -0.4 is 0 Å². The van der Waals surface area contributed by atoms with Gasteiger partial charge >= 0.3 is 0 Å². The highest BCUT2D eigenvalue weighted by molar-refractivity contribution is 5.70. The van der Waals surface area contributed by atoms with Crippen molar-refractivity contribution in [2.45, 2.75) is 13.0 Å². The van der Waals surface area contributed by atoms with Crippen molar-refractivity contribution in [1.29, 1.82) is 5.26 Å². The summed E-state index contributed by atoms with van der Waals surface area (Å²) in [5.41, 5.74) is 4.25. The Kier molecular flexibility index (Phi) is 4.36. The number of aliphatic hydroxyl groups excluding tert-OH is 1. The standard InChI is InChI=1S/C18H15FN4O/c1-23-16(9-20)8-15(22-23)7-12-10-21-5-4-18(12)17-3-2-14(19)6-13(17)11-24/h2-6,8,10,24H,7,11H2,1H3.